The number of anilines is 3. The van der Waals surface area contributed by atoms with Crippen LogP contribution in [-0.2, 0) is 14.4 Å². The standard InChI is InChI=1S/C28H35N3O3.C26H34N2O3.C25H30N2O3/c1-33-23-10-11-27(34-2)21(18-23)19-25-24-8-4-5-9-26(24)31(28(25)32)20-29-16-12-22(13-17-29)30-14-6-3-7-15-30;1-18(2)15-27(16-19(3)4)17-28-24-10-8-7-9-22(24)23(26(28)29)14-20-13-21(30-5)11-12-25(20)31-6;1-25(2)12-7-13-26(16-25)17-27-22-9-6-5-8-20(22)21(24(27)28)15-18-14-19(29-3)10-11-23(18)30-4/h4-5,8-11,18-19,22H,3,6-7,12-17,20H2,1-2H3;7-14,18-19H,15-17H2,1-6H3;5-6,8-11,14-15H,7,12-13,16-17H2,1-4H3. The second kappa shape index (κ2) is 31.9. The Kier molecular flexibility index (Phi) is 23.3. The van der Waals surface area contributed by atoms with Gasteiger partial charge in [-0.2, -0.15) is 0 Å². The first-order valence-electron chi connectivity index (χ1n) is 33.9. The van der Waals surface area contributed by atoms with E-state index >= 15 is 0 Å². The number of carbonyl (C=O) groups is 3. The van der Waals surface area contributed by atoms with Crippen molar-refractivity contribution in [2.24, 2.45) is 17.3 Å². The molecule has 6 aliphatic rings. The lowest BCUT2D eigenvalue weighted by Crippen LogP contribution is -2.49. The Labute approximate surface area is 564 Å². The molecule has 0 bridgehead atoms. The summed E-state index contributed by atoms with van der Waals surface area (Å²) in [5.74, 6) is 5.49. The Morgan fingerprint density at radius 1 is 0.463 bits per heavy atom. The molecule has 0 unspecified atom stereocenters. The van der Waals surface area contributed by atoms with Crippen LogP contribution in [0.4, 0.5) is 17.1 Å². The molecular formula is C79H99N7O9. The largest absolute Gasteiger partial charge is 0.497 e. The molecule has 0 N–H and O–H groups in total. The van der Waals surface area contributed by atoms with E-state index in [2.05, 4.69) is 67.2 Å². The summed E-state index contributed by atoms with van der Waals surface area (Å²) in [6, 6.07) is 41.7. The summed E-state index contributed by atoms with van der Waals surface area (Å²) in [7, 11) is 9.83. The van der Waals surface area contributed by atoms with Crippen LogP contribution in [0.15, 0.2) is 127 Å². The molecule has 3 saturated heterocycles. The Hall–Kier alpha value is -8.41. The summed E-state index contributed by atoms with van der Waals surface area (Å²) in [5, 5.41) is 0. The zero-order chi connectivity index (χ0) is 67.3. The maximum atomic E-state index is 13.7. The van der Waals surface area contributed by atoms with E-state index in [1.807, 2.05) is 154 Å². The molecule has 6 aromatic rings. The SMILES string of the molecule is COc1ccc(OC)c(C=C2C(=O)N(CN(CC(C)C)CC(C)C)c3ccccc32)c1.COc1ccc(OC)c(C=C2C(=O)N(CN3CCC(N4CCCCC4)CC3)c3ccccc32)c1.COc1ccc(OC)c(C=C2C(=O)N(CN3CCCC(C)(C)C3)c3ccccc32)c1. The van der Waals surface area contributed by atoms with E-state index in [-0.39, 0.29) is 23.1 Å². The van der Waals surface area contributed by atoms with Gasteiger partial charge in [0.15, 0.2) is 0 Å². The fraction of sp³-hybridized carbons (Fsp3) is 0.430. The molecule has 0 atom stereocenters. The van der Waals surface area contributed by atoms with Crippen molar-refractivity contribution >= 4 is 69.7 Å². The fourth-order valence-electron chi connectivity index (χ4n) is 14.3. The van der Waals surface area contributed by atoms with E-state index in [9.17, 15) is 14.4 Å². The summed E-state index contributed by atoms with van der Waals surface area (Å²) in [5.41, 5.74) is 10.6. The molecule has 0 radical (unpaired) electrons. The van der Waals surface area contributed by atoms with Gasteiger partial charge in [-0.1, -0.05) is 103 Å². The normalized spacial score (nSPS) is 18.7. The summed E-state index contributed by atoms with van der Waals surface area (Å²) in [6.07, 6.45) is 14.6. The van der Waals surface area contributed by atoms with Gasteiger partial charge in [0.2, 0.25) is 0 Å². The zero-order valence-electron chi connectivity index (χ0n) is 58.1. The molecule has 95 heavy (non-hydrogen) atoms. The highest BCUT2D eigenvalue weighted by molar-refractivity contribution is 6.37. The molecule has 0 aliphatic carbocycles. The number of rotatable bonds is 20. The first-order valence-corrected chi connectivity index (χ1v) is 33.9. The number of benzene rings is 6. The number of para-hydroxylation sites is 3. The third kappa shape index (κ3) is 16.6. The van der Waals surface area contributed by atoms with Crippen molar-refractivity contribution in [3.8, 4) is 34.5 Å². The van der Waals surface area contributed by atoms with Crippen LogP contribution >= 0.6 is 0 Å². The van der Waals surface area contributed by atoms with Crippen LogP contribution in [0.5, 0.6) is 34.5 Å². The highest BCUT2D eigenvalue weighted by Crippen LogP contribution is 2.43. The smallest absolute Gasteiger partial charge is 0.260 e. The molecule has 6 aromatic carbocycles. The Bertz CT molecular complexity index is 3740. The van der Waals surface area contributed by atoms with Gasteiger partial charge in [0, 0.05) is 88.9 Å². The molecule has 16 heteroatoms. The number of ether oxygens (including phenoxy) is 6. The van der Waals surface area contributed by atoms with Gasteiger partial charge in [0.1, 0.15) is 34.5 Å². The van der Waals surface area contributed by atoms with Crippen molar-refractivity contribution < 1.29 is 42.8 Å². The number of hydrogen-bond acceptors (Lipinski definition) is 13. The van der Waals surface area contributed by atoms with Crippen molar-refractivity contribution in [2.75, 3.05) is 130 Å². The van der Waals surface area contributed by atoms with Gasteiger partial charge in [-0.05, 0) is 166 Å². The summed E-state index contributed by atoms with van der Waals surface area (Å²) in [4.78, 5) is 56.4. The van der Waals surface area contributed by atoms with Gasteiger partial charge in [-0.15, -0.1) is 0 Å². The molecule has 504 valence electrons. The van der Waals surface area contributed by atoms with E-state index in [0.29, 0.717) is 66.1 Å². The summed E-state index contributed by atoms with van der Waals surface area (Å²) < 4.78 is 32.7. The van der Waals surface area contributed by atoms with Crippen molar-refractivity contribution in [2.45, 2.75) is 92.5 Å². The molecule has 0 spiro atoms. The molecular weight excluding hydrogens is 1190 g/mol. The highest BCUT2D eigenvalue weighted by atomic mass is 16.5. The van der Waals surface area contributed by atoms with Gasteiger partial charge in [-0.3, -0.25) is 43.8 Å². The van der Waals surface area contributed by atoms with Crippen molar-refractivity contribution in [3.63, 3.8) is 0 Å². The number of methoxy groups -OCH3 is 6. The summed E-state index contributed by atoms with van der Waals surface area (Å²) in [6.45, 7) is 23.8. The number of nitrogens with zero attached hydrogens (tertiary/aromatic N) is 7. The molecule has 6 heterocycles. The average molecular weight is 1290 g/mol. The molecule has 6 aliphatic heterocycles. The van der Waals surface area contributed by atoms with E-state index in [1.54, 1.807) is 42.7 Å². The minimum absolute atomic E-state index is 0.0172. The van der Waals surface area contributed by atoms with Crippen LogP contribution in [0.2, 0.25) is 0 Å². The van der Waals surface area contributed by atoms with E-state index in [1.165, 1.54) is 58.0 Å². The second-order valence-corrected chi connectivity index (χ2v) is 27.3. The van der Waals surface area contributed by atoms with E-state index < -0.39 is 0 Å². The number of hydrogen-bond donors (Lipinski definition) is 0. The van der Waals surface area contributed by atoms with Gasteiger partial charge in [-0.25, -0.2) is 0 Å². The Balaban J connectivity index is 0.000000156. The molecule has 0 saturated carbocycles. The monoisotopic (exact) mass is 1290 g/mol. The fourth-order valence-corrected chi connectivity index (χ4v) is 14.3. The number of amides is 3. The first-order chi connectivity index (χ1) is 45.9. The van der Waals surface area contributed by atoms with Crippen LogP contribution in [0.1, 0.15) is 120 Å². The van der Waals surface area contributed by atoms with Crippen LogP contribution < -0.4 is 43.1 Å². The van der Waals surface area contributed by atoms with E-state index in [4.69, 9.17) is 28.4 Å². The molecule has 0 aromatic heterocycles. The maximum Gasteiger partial charge on any atom is 0.260 e. The minimum atomic E-state index is 0.0172. The maximum absolute atomic E-state index is 13.7. The number of piperidine rings is 3. The molecule has 16 nitrogen and oxygen atoms in total. The quantitative estimate of drug-likeness (QED) is 0.0673. The Morgan fingerprint density at radius 2 is 0.853 bits per heavy atom. The minimum Gasteiger partial charge on any atom is -0.497 e. The lowest BCUT2D eigenvalue weighted by atomic mass is 9.84. The van der Waals surface area contributed by atoms with Crippen LogP contribution in [0.25, 0.3) is 34.9 Å². The van der Waals surface area contributed by atoms with Gasteiger partial charge >= 0.3 is 0 Å². The van der Waals surface area contributed by atoms with Crippen LogP contribution in [0, 0.1) is 17.3 Å². The predicted molar refractivity (Wildman–Crippen MR) is 384 cm³/mol. The molecule has 3 amide bonds. The number of likely N-dealkylation sites (tertiary alicyclic amines) is 3. The van der Waals surface area contributed by atoms with E-state index in [0.717, 1.165) is 113 Å². The lowest BCUT2D eigenvalue weighted by Gasteiger charge is -2.41. The molecule has 12 rings (SSSR count). The van der Waals surface area contributed by atoms with Crippen LogP contribution in [-0.4, -0.2) is 158 Å². The van der Waals surface area contributed by atoms with Gasteiger partial charge in [0.05, 0.1) is 79.7 Å². The summed E-state index contributed by atoms with van der Waals surface area (Å²) >= 11 is 0. The van der Waals surface area contributed by atoms with Crippen molar-refractivity contribution in [1.82, 2.24) is 19.6 Å². The number of carbonyl (C=O) groups excluding carboxylic acids is 3. The zero-order valence-corrected chi connectivity index (χ0v) is 58.1. The number of fused-ring (bicyclic) bond motifs is 3. The average Bonchev–Trinajstić information content (AvgIpc) is 1.64. The third-order valence-corrected chi connectivity index (χ3v) is 18.8. The topological polar surface area (TPSA) is 129 Å². The lowest BCUT2D eigenvalue weighted by molar-refractivity contribution is -0.114. The van der Waals surface area contributed by atoms with Gasteiger partial charge in [0.25, 0.3) is 17.7 Å². The van der Waals surface area contributed by atoms with Crippen LogP contribution in [0.3, 0.4) is 0 Å². The van der Waals surface area contributed by atoms with Gasteiger partial charge < -0.3 is 33.3 Å². The van der Waals surface area contributed by atoms with Crippen molar-refractivity contribution in [1.29, 1.82) is 0 Å². The predicted octanol–water partition coefficient (Wildman–Crippen LogP) is 14.3. The third-order valence-electron chi connectivity index (χ3n) is 18.8. The first kappa shape index (κ1) is 69.4. The second-order valence-electron chi connectivity index (χ2n) is 27.3. The van der Waals surface area contributed by atoms with Crippen molar-refractivity contribution in [3.05, 3.63) is 161 Å². The Morgan fingerprint density at radius 3 is 1.24 bits per heavy atom. The molecule has 3 fully saturated rings. The highest BCUT2D eigenvalue weighted by Gasteiger charge is 2.38.